The summed E-state index contributed by atoms with van der Waals surface area (Å²) in [7, 11) is 0.410. The van der Waals surface area contributed by atoms with E-state index in [0.717, 1.165) is 0 Å². The maximum Gasteiger partial charge on any atom is 0.160 e. The Bertz CT molecular complexity index is 390. The second-order valence-corrected chi connectivity index (χ2v) is 8.94. The van der Waals surface area contributed by atoms with Crippen LogP contribution in [0.1, 0.15) is 81.9 Å². The van der Waals surface area contributed by atoms with Gasteiger partial charge in [-0.05, 0) is 29.8 Å². The Morgan fingerprint density at radius 1 is 0.875 bits per heavy atom. The first-order valence-corrected chi connectivity index (χ1v) is 11.4. The number of hydrogen-bond donors (Lipinski definition) is 0. The van der Waals surface area contributed by atoms with E-state index in [1.54, 1.807) is 0 Å². The number of benzene rings is 1. The minimum absolute atomic E-state index is 0. The fourth-order valence-corrected chi connectivity index (χ4v) is 4.98. The summed E-state index contributed by atoms with van der Waals surface area (Å²) in [6.45, 7) is 6.35. The predicted octanol–water partition coefficient (Wildman–Crippen LogP) is 4.09. The Morgan fingerprint density at radius 2 is 1.38 bits per heavy atom. The zero-order chi connectivity index (χ0) is 16.8. The van der Waals surface area contributed by atoms with Gasteiger partial charge in [0.1, 0.15) is 5.75 Å². The smallest absolute Gasteiger partial charge is 0.160 e. The van der Waals surface area contributed by atoms with Crippen molar-refractivity contribution in [2.24, 2.45) is 0 Å². The molecule has 0 nitrogen and oxygen atoms in total. The summed E-state index contributed by atoms with van der Waals surface area (Å²) in [4.78, 5) is 0. The van der Waals surface area contributed by atoms with Gasteiger partial charge in [-0.3, -0.25) is 0 Å². The minimum Gasteiger partial charge on any atom is -1.00 e. The fraction of sp³-hybridized carbons (Fsp3) is 0.636. The van der Waals surface area contributed by atoms with Crippen molar-refractivity contribution in [3.8, 4) is 0 Å². The van der Waals surface area contributed by atoms with Gasteiger partial charge in [-0.2, -0.15) is 0 Å². The molecule has 2 unspecified atom stereocenters. The summed E-state index contributed by atoms with van der Waals surface area (Å²) in [5, 5.41) is 0.537. The van der Waals surface area contributed by atoms with Crippen molar-refractivity contribution in [3.63, 3.8) is 0 Å². The van der Waals surface area contributed by atoms with E-state index in [1.807, 2.05) is 0 Å². The Hall–Kier alpha value is -0.400. The molecule has 0 bridgehead atoms. The Balaban J connectivity index is 0.00000529. The molecule has 0 fully saturated rings. The Morgan fingerprint density at radius 3 is 1.88 bits per heavy atom. The molecule has 0 amide bonds. The van der Waals surface area contributed by atoms with Gasteiger partial charge < -0.3 is 12.4 Å². The molecule has 0 aromatic heterocycles. The number of hydrogen-bond acceptors (Lipinski definition) is 0. The molecule has 0 aliphatic heterocycles. The van der Waals surface area contributed by atoms with Crippen molar-refractivity contribution < 1.29 is 12.4 Å². The van der Waals surface area contributed by atoms with E-state index >= 15 is 0 Å². The molecule has 138 valence electrons. The van der Waals surface area contributed by atoms with Crippen LogP contribution in [0.5, 0.6) is 0 Å². The molecule has 2 heteroatoms. The van der Waals surface area contributed by atoms with Crippen LogP contribution in [0.15, 0.2) is 43.0 Å². The van der Waals surface area contributed by atoms with Gasteiger partial charge in [-0.1, -0.05) is 95.2 Å². The van der Waals surface area contributed by atoms with Crippen LogP contribution in [0.3, 0.4) is 0 Å². The lowest BCUT2D eigenvalue weighted by Crippen LogP contribution is -3.00. The number of unbranched alkanes of at least 4 members (excludes halogenated alkanes) is 9. The number of halogens is 1. The fourth-order valence-electron chi connectivity index (χ4n) is 3.12. The van der Waals surface area contributed by atoms with Crippen molar-refractivity contribution in [2.75, 3.05) is 12.0 Å². The monoisotopic (exact) mass is 368 g/mol. The largest absolute Gasteiger partial charge is 1.00 e. The molecule has 2 atom stereocenters. The Kier molecular flexibility index (Phi) is 15.8. The van der Waals surface area contributed by atoms with Gasteiger partial charge in [-0.15, -0.1) is 0 Å². The molecule has 0 heterocycles. The Labute approximate surface area is 160 Å². The van der Waals surface area contributed by atoms with Crippen LogP contribution in [0.2, 0.25) is 0 Å². The van der Waals surface area contributed by atoms with Crippen LogP contribution in [-0.4, -0.2) is 12.0 Å². The lowest BCUT2D eigenvalue weighted by Gasteiger charge is -2.13. The SMILES string of the molecule is C=CC(c1ccccc1)[S+](C)CCCCCCCCCCCC.[Cl-]. The quantitative estimate of drug-likeness (QED) is 0.263. The zero-order valence-electron chi connectivity index (χ0n) is 15.8. The molecular weight excluding hydrogens is 332 g/mol. The average Bonchev–Trinajstić information content (AvgIpc) is 2.58. The molecule has 0 radical (unpaired) electrons. The van der Waals surface area contributed by atoms with Gasteiger partial charge in [0.2, 0.25) is 0 Å². The second-order valence-electron chi connectivity index (χ2n) is 6.64. The summed E-state index contributed by atoms with van der Waals surface area (Å²) >= 11 is 0. The summed E-state index contributed by atoms with van der Waals surface area (Å²) in [5.74, 6) is 1.35. The van der Waals surface area contributed by atoms with E-state index in [-0.39, 0.29) is 12.4 Å². The highest BCUT2D eigenvalue weighted by Gasteiger charge is 2.23. The molecule has 0 spiro atoms. The highest BCUT2D eigenvalue weighted by Crippen LogP contribution is 2.25. The number of rotatable bonds is 14. The van der Waals surface area contributed by atoms with Crippen molar-refractivity contribution in [3.05, 3.63) is 48.6 Å². The molecule has 1 aromatic carbocycles. The van der Waals surface area contributed by atoms with Gasteiger partial charge in [0, 0.05) is 5.56 Å². The van der Waals surface area contributed by atoms with Crippen molar-refractivity contribution in [2.45, 2.75) is 76.4 Å². The third kappa shape index (κ3) is 10.5. The molecule has 1 aromatic rings. The molecule has 0 saturated carbocycles. The molecular formula is C22H37ClS. The van der Waals surface area contributed by atoms with Crippen molar-refractivity contribution >= 4 is 10.9 Å². The van der Waals surface area contributed by atoms with Crippen molar-refractivity contribution in [1.82, 2.24) is 0 Å². The van der Waals surface area contributed by atoms with Crippen LogP contribution in [0.4, 0.5) is 0 Å². The first-order chi connectivity index (χ1) is 11.3. The van der Waals surface area contributed by atoms with Crippen LogP contribution < -0.4 is 12.4 Å². The maximum atomic E-state index is 4.06. The highest BCUT2D eigenvalue weighted by atomic mass is 35.5. The van der Waals surface area contributed by atoms with Gasteiger partial charge in [0.25, 0.3) is 0 Å². The van der Waals surface area contributed by atoms with E-state index in [1.165, 1.54) is 75.5 Å². The van der Waals surface area contributed by atoms with Crippen molar-refractivity contribution in [1.29, 1.82) is 0 Å². The van der Waals surface area contributed by atoms with Crippen LogP contribution in [0, 0.1) is 0 Å². The zero-order valence-corrected chi connectivity index (χ0v) is 17.4. The van der Waals surface area contributed by atoms with Gasteiger partial charge in [0.05, 0.1) is 6.26 Å². The molecule has 0 aliphatic carbocycles. The lowest BCUT2D eigenvalue weighted by molar-refractivity contribution is -0.00000497. The summed E-state index contributed by atoms with van der Waals surface area (Å²) in [6, 6.07) is 10.9. The van der Waals surface area contributed by atoms with Gasteiger partial charge in [0.15, 0.2) is 5.25 Å². The van der Waals surface area contributed by atoms with E-state index in [0.29, 0.717) is 16.1 Å². The first kappa shape index (κ1) is 23.6. The van der Waals surface area contributed by atoms with Crippen LogP contribution >= 0.6 is 0 Å². The summed E-state index contributed by atoms with van der Waals surface area (Å²) < 4.78 is 0. The second kappa shape index (κ2) is 16.1. The van der Waals surface area contributed by atoms with Crippen LogP contribution in [-0.2, 0) is 10.9 Å². The van der Waals surface area contributed by atoms with E-state index in [2.05, 4.69) is 56.2 Å². The maximum absolute atomic E-state index is 4.06. The molecule has 0 N–H and O–H groups in total. The van der Waals surface area contributed by atoms with Gasteiger partial charge >= 0.3 is 0 Å². The summed E-state index contributed by atoms with van der Waals surface area (Å²) in [6.07, 6.45) is 18.8. The first-order valence-electron chi connectivity index (χ1n) is 9.58. The summed E-state index contributed by atoms with van der Waals surface area (Å²) in [5.41, 5.74) is 1.43. The molecule has 24 heavy (non-hydrogen) atoms. The molecule has 1 rings (SSSR count). The van der Waals surface area contributed by atoms with Crippen LogP contribution in [0.25, 0.3) is 0 Å². The topological polar surface area (TPSA) is 0 Å². The third-order valence-corrected chi connectivity index (χ3v) is 6.86. The lowest BCUT2D eigenvalue weighted by atomic mass is 10.1. The third-order valence-electron chi connectivity index (χ3n) is 4.60. The highest BCUT2D eigenvalue weighted by molar-refractivity contribution is 7.96. The molecule has 0 saturated heterocycles. The minimum atomic E-state index is 0. The van der Waals surface area contributed by atoms with E-state index < -0.39 is 0 Å². The standard InChI is InChI=1S/C22H37S.ClH/c1-4-6-7-8-9-10-11-12-13-17-20-23(3)22(5-2)21-18-15-14-16-19-21;/h5,14-16,18-19,22H,2,4,6-13,17,20H2,1,3H3;1H/q+1;/p-1. The van der Waals surface area contributed by atoms with Gasteiger partial charge in [-0.25, -0.2) is 0 Å². The predicted molar refractivity (Wildman–Crippen MR) is 109 cm³/mol. The average molecular weight is 369 g/mol. The van der Waals surface area contributed by atoms with E-state index in [4.69, 9.17) is 0 Å². The van der Waals surface area contributed by atoms with E-state index in [9.17, 15) is 0 Å². The molecule has 0 aliphatic rings. The normalized spacial score (nSPS) is 13.1.